The maximum absolute atomic E-state index is 13.9. The zero-order valence-electron chi connectivity index (χ0n) is 11.2. The lowest BCUT2D eigenvalue weighted by Crippen LogP contribution is -2.24. The Bertz CT molecular complexity index is 586. The third-order valence-corrected chi connectivity index (χ3v) is 3.77. The molecule has 2 rings (SSSR count). The van der Waals surface area contributed by atoms with E-state index in [0.29, 0.717) is 22.0 Å². The molecule has 106 valence electrons. The molecule has 0 spiro atoms. The van der Waals surface area contributed by atoms with Crippen LogP contribution in [0.4, 0.5) is 4.39 Å². The fourth-order valence-electron chi connectivity index (χ4n) is 2.22. The molecule has 1 nitrogen and oxygen atoms in total. The van der Waals surface area contributed by atoms with Gasteiger partial charge in [-0.2, -0.15) is 0 Å². The topological polar surface area (TPSA) is 12.0 Å². The van der Waals surface area contributed by atoms with Crippen molar-refractivity contribution in [1.29, 1.82) is 0 Å². The van der Waals surface area contributed by atoms with Crippen molar-refractivity contribution < 1.29 is 4.39 Å². The third kappa shape index (κ3) is 3.72. The van der Waals surface area contributed by atoms with Crippen molar-refractivity contribution in [3.63, 3.8) is 0 Å². The fraction of sp³-hybridized carbons (Fsp3) is 0.250. The van der Waals surface area contributed by atoms with Crippen LogP contribution in [0.15, 0.2) is 42.5 Å². The van der Waals surface area contributed by atoms with Gasteiger partial charge < -0.3 is 5.32 Å². The molecule has 0 bridgehead atoms. The average molecular weight is 312 g/mol. The Kier molecular flexibility index (Phi) is 5.41. The first kappa shape index (κ1) is 15.3. The molecule has 0 aromatic heterocycles. The molecule has 0 saturated carbocycles. The van der Waals surface area contributed by atoms with Gasteiger partial charge in [-0.05, 0) is 42.8 Å². The smallest absolute Gasteiger partial charge is 0.127 e. The number of rotatable bonds is 5. The summed E-state index contributed by atoms with van der Waals surface area (Å²) in [7, 11) is 0. The van der Waals surface area contributed by atoms with Crippen LogP contribution in [0, 0.1) is 5.82 Å². The van der Waals surface area contributed by atoms with E-state index >= 15 is 0 Å². The molecule has 0 radical (unpaired) electrons. The van der Waals surface area contributed by atoms with Gasteiger partial charge in [0.25, 0.3) is 0 Å². The van der Waals surface area contributed by atoms with Crippen LogP contribution < -0.4 is 5.32 Å². The van der Waals surface area contributed by atoms with Crippen LogP contribution in [0.25, 0.3) is 0 Å². The average Bonchev–Trinajstić information content (AvgIpc) is 2.43. The van der Waals surface area contributed by atoms with Gasteiger partial charge in [0.15, 0.2) is 0 Å². The summed E-state index contributed by atoms with van der Waals surface area (Å²) in [6.07, 6.45) is 0.591. The Morgan fingerprint density at radius 3 is 2.60 bits per heavy atom. The van der Waals surface area contributed by atoms with E-state index in [1.165, 1.54) is 6.07 Å². The first-order valence-corrected chi connectivity index (χ1v) is 7.29. The monoisotopic (exact) mass is 311 g/mol. The zero-order chi connectivity index (χ0) is 14.5. The predicted octanol–water partition coefficient (Wildman–Crippen LogP) is 5.03. The SMILES string of the molecule is CCNC(Cc1cc(Cl)ccc1Cl)c1ccccc1F. The minimum absolute atomic E-state index is 0.128. The minimum Gasteiger partial charge on any atom is -0.310 e. The predicted molar refractivity (Wildman–Crippen MR) is 83.0 cm³/mol. The van der Waals surface area contributed by atoms with Crippen LogP contribution in [-0.4, -0.2) is 6.54 Å². The van der Waals surface area contributed by atoms with Crippen LogP contribution in [0.3, 0.4) is 0 Å². The number of hydrogen-bond donors (Lipinski definition) is 1. The van der Waals surface area contributed by atoms with Crippen LogP contribution in [0.2, 0.25) is 10.0 Å². The van der Waals surface area contributed by atoms with E-state index in [2.05, 4.69) is 5.32 Å². The van der Waals surface area contributed by atoms with E-state index in [1.807, 2.05) is 19.1 Å². The molecule has 0 aliphatic heterocycles. The maximum Gasteiger partial charge on any atom is 0.127 e. The molecule has 4 heteroatoms. The Balaban J connectivity index is 2.30. The largest absolute Gasteiger partial charge is 0.310 e. The van der Waals surface area contributed by atoms with Crippen LogP contribution in [-0.2, 0) is 6.42 Å². The second-order valence-corrected chi connectivity index (χ2v) is 5.42. The summed E-state index contributed by atoms with van der Waals surface area (Å²) >= 11 is 12.2. The van der Waals surface area contributed by atoms with Gasteiger partial charge in [0.1, 0.15) is 5.82 Å². The maximum atomic E-state index is 13.9. The lowest BCUT2D eigenvalue weighted by Gasteiger charge is -2.20. The van der Waals surface area contributed by atoms with Gasteiger partial charge in [-0.15, -0.1) is 0 Å². The summed E-state index contributed by atoms with van der Waals surface area (Å²) in [4.78, 5) is 0. The first-order chi connectivity index (χ1) is 9.61. The normalized spacial score (nSPS) is 12.4. The number of benzene rings is 2. The van der Waals surface area contributed by atoms with Crippen molar-refractivity contribution in [1.82, 2.24) is 5.32 Å². The summed E-state index contributed by atoms with van der Waals surface area (Å²) in [5.74, 6) is -0.211. The van der Waals surface area contributed by atoms with E-state index in [1.54, 1.807) is 24.3 Å². The van der Waals surface area contributed by atoms with Gasteiger partial charge in [0.05, 0.1) is 0 Å². The highest BCUT2D eigenvalue weighted by Gasteiger charge is 2.16. The van der Waals surface area contributed by atoms with Crippen molar-refractivity contribution in [2.45, 2.75) is 19.4 Å². The first-order valence-electron chi connectivity index (χ1n) is 6.53. The van der Waals surface area contributed by atoms with E-state index < -0.39 is 0 Å². The minimum atomic E-state index is -0.211. The third-order valence-electron chi connectivity index (χ3n) is 3.16. The Morgan fingerprint density at radius 2 is 1.90 bits per heavy atom. The lowest BCUT2D eigenvalue weighted by molar-refractivity contribution is 0.510. The number of hydrogen-bond acceptors (Lipinski definition) is 1. The van der Waals surface area contributed by atoms with Gasteiger partial charge in [0.2, 0.25) is 0 Å². The highest BCUT2D eigenvalue weighted by Crippen LogP contribution is 2.27. The molecule has 0 aliphatic rings. The molecule has 1 atom stereocenters. The molecule has 0 saturated heterocycles. The van der Waals surface area contributed by atoms with Gasteiger partial charge in [0, 0.05) is 21.7 Å². The van der Waals surface area contributed by atoms with Crippen molar-refractivity contribution in [2.75, 3.05) is 6.54 Å². The summed E-state index contributed by atoms with van der Waals surface area (Å²) < 4.78 is 13.9. The van der Waals surface area contributed by atoms with E-state index in [4.69, 9.17) is 23.2 Å². The summed E-state index contributed by atoms with van der Waals surface area (Å²) in [6, 6.07) is 12.0. The van der Waals surface area contributed by atoms with Crippen molar-refractivity contribution >= 4 is 23.2 Å². The van der Waals surface area contributed by atoms with Crippen LogP contribution in [0.5, 0.6) is 0 Å². The Morgan fingerprint density at radius 1 is 1.15 bits per heavy atom. The molecule has 0 heterocycles. The summed E-state index contributed by atoms with van der Waals surface area (Å²) in [6.45, 7) is 2.74. The molecular formula is C16H16Cl2FN. The molecule has 0 fully saturated rings. The second-order valence-electron chi connectivity index (χ2n) is 4.57. The van der Waals surface area contributed by atoms with E-state index in [-0.39, 0.29) is 11.9 Å². The summed E-state index contributed by atoms with van der Waals surface area (Å²) in [5, 5.41) is 4.57. The van der Waals surface area contributed by atoms with Gasteiger partial charge in [-0.25, -0.2) is 4.39 Å². The van der Waals surface area contributed by atoms with Crippen molar-refractivity contribution in [3.05, 3.63) is 69.5 Å². The van der Waals surface area contributed by atoms with Crippen molar-refractivity contribution in [3.8, 4) is 0 Å². The molecular weight excluding hydrogens is 296 g/mol. The highest BCUT2D eigenvalue weighted by molar-refractivity contribution is 6.33. The fourth-order valence-corrected chi connectivity index (χ4v) is 2.61. The Labute approximate surface area is 128 Å². The van der Waals surface area contributed by atoms with Crippen LogP contribution in [0.1, 0.15) is 24.1 Å². The second kappa shape index (κ2) is 7.07. The van der Waals surface area contributed by atoms with Gasteiger partial charge >= 0.3 is 0 Å². The molecule has 20 heavy (non-hydrogen) atoms. The molecule has 1 unspecified atom stereocenters. The van der Waals surface area contributed by atoms with E-state index in [0.717, 1.165) is 12.1 Å². The van der Waals surface area contributed by atoms with E-state index in [9.17, 15) is 4.39 Å². The van der Waals surface area contributed by atoms with Crippen molar-refractivity contribution in [2.24, 2.45) is 0 Å². The number of likely N-dealkylation sites (N-methyl/N-ethyl adjacent to an activating group) is 1. The Hall–Kier alpha value is -1.09. The van der Waals surface area contributed by atoms with Gasteiger partial charge in [-0.1, -0.05) is 48.3 Å². The van der Waals surface area contributed by atoms with Gasteiger partial charge in [-0.3, -0.25) is 0 Å². The quantitative estimate of drug-likeness (QED) is 0.817. The standard InChI is InChI=1S/C16H16Cl2FN/c1-2-20-16(13-5-3-4-6-15(13)19)10-11-9-12(17)7-8-14(11)18/h3-9,16,20H,2,10H2,1H3. The molecule has 1 N–H and O–H groups in total. The van der Waals surface area contributed by atoms with Crippen LogP contribution >= 0.6 is 23.2 Å². The molecule has 2 aromatic rings. The number of nitrogens with one attached hydrogen (secondary N) is 1. The zero-order valence-corrected chi connectivity index (χ0v) is 12.7. The highest BCUT2D eigenvalue weighted by atomic mass is 35.5. The molecule has 0 aliphatic carbocycles. The lowest BCUT2D eigenvalue weighted by atomic mass is 9.98. The number of halogens is 3. The summed E-state index contributed by atoms with van der Waals surface area (Å²) in [5.41, 5.74) is 1.55. The molecule has 2 aromatic carbocycles. The molecule has 0 amide bonds.